The Morgan fingerprint density at radius 2 is 1.95 bits per heavy atom. The highest BCUT2D eigenvalue weighted by molar-refractivity contribution is 7.09. The first-order chi connectivity index (χ1) is 9.74. The third-order valence-corrected chi connectivity index (χ3v) is 4.54. The zero-order chi connectivity index (χ0) is 14.4. The van der Waals surface area contributed by atoms with Gasteiger partial charge in [0.1, 0.15) is 0 Å². The first-order valence-electron chi connectivity index (χ1n) is 7.36. The van der Waals surface area contributed by atoms with Crippen LogP contribution in [0, 0.1) is 6.92 Å². The van der Waals surface area contributed by atoms with Crippen molar-refractivity contribution in [1.29, 1.82) is 0 Å². The third-order valence-electron chi connectivity index (χ3n) is 3.61. The predicted molar refractivity (Wildman–Crippen MR) is 91.3 cm³/mol. The summed E-state index contributed by atoms with van der Waals surface area (Å²) in [7, 11) is 0. The summed E-state index contributed by atoms with van der Waals surface area (Å²) in [5.74, 6) is 0. The molecule has 1 N–H and O–H groups in total. The second kappa shape index (κ2) is 7.34. The lowest BCUT2D eigenvalue weighted by atomic mass is 10.1. The summed E-state index contributed by atoms with van der Waals surface area (Å²) in [6.45, 7) is 9.69. The van der Waals surface area contributed by atoms with Gasteiger partial charge in [0.2, 0.25) is 0 Å². The van der Waals surface area contributed by atoms with E-state index in [0.29, 0.717) is 0 Å². The summed E-state index contributed by atoms with van der Waals surface area (Å²) in [6.07, 6.45) is 1.09. The van der Waals surface area contributed by atoms with Crippen LogP contribution >= 0.6 is 11.3 Å². The second-order valence-corrected chi connectivity index (χ2v) is 5.96. The molecular formula is C17H24N2S. The molecule has 0 aliphatic rings. The minimum Gasteiger partial charge on any atom is -0.384 e. The van der Waals surface area contributed by atoms with Gasteiger partial charge in [-0.15, -0.1) is 11.3 Å². The summed E-state index contributed by atoms with van der Waals surface area (Å²) in [5, 5.41) is 5.68. The quantitative estimate of drug-likeness (QED) is 0.803. The molecule has 0 unspecified atom stereocenters. The first-order valence-corrected chi connectivity index (χ1v) is 8.24. The maximum absolute atomic E-state index is 3.54. The minimum atomic E-state index is 0.992. The Morgan fingerprint density at radius 1 is 1.15 bits per heavy atom. The molecule has 0 aliphatic heterocycles. The topological polar surface area (TPSA) is 15.3 Å². The standard InChI is InChI=1S/C17H24N2S/c1-4-19(5-2)15-8-9-17(14(3)13-15)18-11-10-16-7-6-12-20-16/h6-9,12-13,18H,4-5,10-11H2,1-3H3. The van der Waals surface area contributed by atoms with Gasteiger partial charge in [-0.25, -0.2) is 0 Å². The summed E-state index contributed by atoms with van der Waals surface area (Å²) in [4.78, 5) is 3.82. The van der Waals surface area contributed by atoms with Crippen LogP contribution in [0.5, 0.6) is 0 Å². The van der Waals surface area contributed by atoms with Crippen LogP contribution in [0.15, 0.2) is 35.7 Å². The van der Waals surface area contributed by atoms with Crippen LogP contribution in [0.4, 0.5) is 11.4 Å². The molecule has 0 radical (unpaired) electrons. The number of thiophene rings is 1. The molecule has 1 aromatic carbocycles. The number of aryl methyl sites for hydroxylation is 1. The normalized spacial score (nSPS) is 10.6. The van der Waals surface area contributed by atoms with Crippen molar-refractivity contribution >= 4 is 22.7 Å². The van der Waals surface area contributed by atoms with E-state index in [9.17, 15) is 0 Å². The summed E-state index contributed by atoms with van der Waals surface area (Å²) < 4.78 is 0. The van der Waals surface area contributed by atoms with E-state index in [1.807, 2.05) is 11.3 Å². The molecule has 0 amide bonds. The molecule has 1 heterocycles. The van der Waals surface area contributed by atoms with Gasteiger partial charge < -0.3 is 10.2 Å². The van der Waals surface area contributed by atoms with Crippen molar-refractivity contribution in [3.05, 3.63) is 46.2 Å². The summed E-state index contributed by atoms with van der Waals surface area (Å²) >= 11 is 1.83. The molecule has 3 heteroatoms. The van der Waals surface area contributed by atoms with E-state index >= 15 is 0 Å². The molecule has 108 valence electrons. The number of rotatable bonds is 7. The number of hydrogen-bond donors (Lipinski definition) is 1. The number of benzene rings is 1. The Balaban J connectivity index is 1.95. The number of nitrogens with one attached hydrogen (secondary N) is 1. The molecule has 0 saturated heterocycles. The summed E-state index contributed by atoms with van der Waals surface area (Å²) in [6, 6.07) is 11.0. The molecule has 0 bridgehead atoms. The average molecular weight is 288 g/mol. The lowest BCUT2D eigenvalue weighted by molar-refractivity contribution is 0.865. The molecular weight excluding hydrogens is 264 g/mol. The monoisotopic (exact) mass is 288 g/mol. The molecule has 0 atom stereocenters. The fraction of sp³-hybridized carbons (Fsp3) is 0.412. The van der Waals surface area contributed by atoms with Crippen LogP contribution in [-0.2, 0) is 6.42 Å². The van der Waals surface area contributed by atoms with Crippen molar-refractivity contribution in [2.75, 3.05) is 29.9 Å². The Bertz CT molecular complexity index is 516. The van der Waals surface area contributed by atoms with Crippen molar-refractivity contribution in [1.82, 2.24) is 0 Å². The fourth-order valence-electron chi connectivity index (χ4n) is 2.41. The molecule has 20 heavy (non-hydrogen) atoms. The van der Waals surface area contributed by atoms with E-state index < -0.39 is 0 Å². The molecule has 0 aliphatic carbocycles. The Hall–Kier alpha value is -1.48. The van der Waals surface area contributed by atoms with Crippen molar-refractivity contribution < 1.29 is 0 Å². The third kappa shape index (κ3) is 3.76. The highest BCUT2D eigenvalue weighted by Gasteiger charge is 2.04. The van der Waals surface area contributed by atoms with E-state index in [2.05, 4.69) is 66.7 Å². The first kappa shape index (κ1) is 14.9. The van der Waals surface area contributed by atoms with Crippen LogP contribution in [0.3, 0.4) is 0 Å². The van der Waals surface area contributed by atoms with Gasteiger partial charge in [0.25, 0.3) is 0 Å². The molecule has 0 saturated carbocycles. The van der Waals surface area contributed by atoms with Gasteiger partial charge in [0.05, 0.1) is 0 Å². The number of hydrogen-bond acceptors (Lipinski definition) is 3. The largest absolute Gasteiger partial charge is 0.384 e. The predicted octanol–water partition coefficient (Wildman–Crippen LogP) is 4.56. The van der Waals surface area contributed by atoms with Crippen LogP contribution in [0.2, 0.25) is 0 Å². The van der Waals surface area contributed by atoms with Crippen LogP contribution < -0.4 is 10.2 Å². The van der Waals surface area contributed by atoms with Gasteiger partial charge in [-0.2, -0.15) is 0 Å². The van der Waals surface area contributed by atoms with E-state index in [1.165, 1.54) is 21.8 Å². The van der Waals surface area contributed by atoms with Gasteiger partial charge in [0.15, 0.2) is 0 Å². The Kier molecular flexibility index (Phi) is 5.48. The molecule has 2 aromatic rings. The van der Waals surface area contributed by atoms with Crippen LogP contribution in [-0.4, -0.2) is 19.6 Å². The highest BCUT2D eigenvalue weighted by Crippen LogP contribution is 2.22. The van der Waals surface area contributed by atoms with Crippen LogP contribution in [0.25, 0.3) is 0 Å². The fourth-order valence-corrected chi connectivity index (χ4v) is 3.12. The van der Waals surface area contributed by atoms with Crippen molar-refractivity contribution in [3.63, 3.8) is 0 Å². The van der Waals surface area contributed by atoms with Crippen molar-refractivity contribution in [3.8, 4) is 0 Å². The maximum atomic E-state index is 3.54. The summed E-state index contributed by atoms with van der Waals surface area (Å²) in [5.41, 5.74) is 3.88. The highest BCUT2D eigenvalue weighted by atomic mass is 32.1. The van der Waals surface area contributed by atoms with Crippen LogP contribution in [0.1, 0.15) is 24.3 Å². The van der Waals surface area contributed by atoms with Crippen molar-refractivity contribution in [2.45, 2.75) is 27.2 Å². The Morgan fingerprint density at radius 3 is 2.55 bits per heavy atom. The Labute approximate surface area is 126 Å². The maximum Gasteiger partial charge on any atom is 0.0371 e. The van der Waals surface area contributed by atoms with Gasteiger partial charge in [-0.3, -0.25) is 0 Å². The zero-order valence-electron chi connectivity index (χ0n) is 12.6. The molecule has 1 aromatic heterocycles. The van der Waals surface area contributed by atoms with Gasteiger partial charge in [-0.05, 0) is 62.4 Å². The molecule has 0 spiro atoms. The van der Waals surface area contributed by atoms with E-state index in [-0.39, 0.29) is 0 Å². The van der Waals surface area contributed by atoms with E-state index in [1.54, 1.807) is 0 Å². The average Bonchev–Trinajstić information content (AvgIpc) is 2.96. The van der Waals surface area contributed by atoms with Gasteiger partial charge in [-0.1, -0.05) is 6.07 Å². The molecule has 2 nitrogen and oxygen atoms in total. The zero-order valence-corrected chi connectivity index (χ0v) is 13.5. The smallest absolute Gasteiger partial charge is 0.0371 e. The number of anilines is 2. The van der Waals surface area contributed by atoms with Gasteiger partial charge >= 0.3 is 0 Å². The van der Waals surface area contributed by atoms with Crippen molar-refractivity contribution in [2.24, 2.45) is 0 Å². The second-order valence-electron chi connectivity index (χ2n) is 4.93. The van der Waals surface area contributed by atoms with E-state index in [0.717, 1.165) is 26.1 Å². The SMILES string of the molecule is CCN(CC)c1ccc(NCCc2cccs2)c(C)c1. The minimum absolute atomic E-state index is 0.992. The van der Waals surface area contributed by atoms with E-state index in [4.69, 9.17) is 0 Å². The van der Waals surface area contributed by atoms with Gasteiger partial charge in [0, 0.05) is 35.9 Å². The molecule has 0 fully saturated rings. The molecule has 2 rings (SSSR count). The number of nitrogens with zero attached hydrogens (tertiary/aromatic N) is 1. The lowest BCUT2D eigenvalue weighted by Gasteiger charge is -2.22. The lowest BCUT2D eigenvalue weighted by Crippen LogP contribution is -2.21.